The summed E-state index contributed by atoms with van der Waals surface area (Å²) in [6.07, 6.45) is 4.62. The third-order valence-electron chi connectivity index (χ3n) is 3.51. The first kappa shape index (κ1) is 16.9. The molecule has 0 bridgehead atoms. The number of carbonyl (C=O) groups is 1. The fourth-order valence-electron chi connectivity index (χ4n) is 1.92. The molecular formula is C17H21FN4O. The quantitative estimate of drug-likeness (QED) is 0.824. The van der Waals surface area contributed by atoms with E-state index in [2.05, 4.69) is 27.5 Å². The summed E-state index contributed by atoms with van der Waals surface area (Å²) >= 11 is 0. The number of aromatic nitrogens is 2. The molecule has 0 aliphatic carbocycles. The number of rotatable bonds is 7. The Hall–Kier alpha value is -2.50. The fourth-order valence-corrected chi connectivity index (χ4v) is 1.92. The standard InChI is InChI=1S/C17H21FN4O/c1-3-12(2)22-17-20-10-14(11-21-17)16(23)19-9-8-13-4-6-15(18)7-5-13/h4-7,10-12H,3,8-9H2,1-2H3,(H,19,23)(H,20,21,22). The van der Waals surface area contributed by atoms with Gasteiger partial charge in [0.25, 0.3) is 5.91 Å². The normalized spacial score (nSPS) is 11.8. The minimum atomic E-state index is -0.263. The monoisotopic (exact) mass is 316 g/mol. The number of hydrogen-bond donors (Lipinski definition) is 2. The average Bonchev–Trinajstić information content (AvgIpc) is 2.57. The van der Waals surface area contributed by atoms with Crippen molar-refractivity contribution in [3.05, 3.63) is 53.6 Å². The first-order valence-electron chi connectivity index (χ1n) is 7.69. The second kappa shape index (κ2) is 8.22. The summed E-state index contributed by atoms with van der Waals surface area (Å²) in [4.78, 5) is 20.3. The Morgan fingerprint density at radius 1 is 1.22 bits per heavy atom. The molecular weight excluding hydrogens is 295 g/mol. The summed E-state index contributed by atoms with van der Waals surface area (Å²) in [6.45, 7) is 4.58. The molecule has 0 spiro atoms. The van der Waals surface area contributed by atoms with Crippen LogP contribution < -0.4 is 10.6 Å². The van der Waals surface area contributed by atoms with Gasteiger partial charge < -0.3 is 10.6 Å². The van der Waals surface area contributed by atoms with Crippen LogP contribution >= 0.6 is 0 Å². The Morgan fingerprint density at radius 3 is 2.48 bits per heavy atom. The van der Waals surface area contributed by atoms with Crippen LogP contribution in [-0.2, 0) is 6.42 Å². The van der Waals surface area contributed by atoms with Gasteiger partial charge in [0.15, 0.2) is 0 Å². The molecule has 2 rings (SSSR count). The Labute approximate surface area is 135 Å². The van der Waals surface area contributed by atoms with Gasteiger partial charge in [-0.05, 0) is 37.5 Å². The second-order valence-electron chi connectivity index (χ2n) is 5.38. The lowest BCUT2D eigenvalue weighted by molar-refractivity contribution is 0.0953. The Morgan fingerprint density at radius 2 is 1.87 bits per heavy atom. The maximum Gasteiger partial charge on any atom is 0.254 e. The van der Waals surface area contributed by atoms with Gasteiger partial charge in [-0.3, -0.25) is 4.79 Å². The zero-order valence-electron chi connectivity index (χ0n) is 13.3. The molecule has 1 amide bonds. The van der Waals surface area contributed by atoms with E-state index in [9.17, 15) is 9.18 Å². The Balaban J connectivity index is 1.82. The topological polar surface area (TPSA) is 66.9 Å². The van der Waals surface area contributed by atoms with Crippen LogP contribution in [0, 0.1) is 5.82 Å². The van der Waals surface area contributed by atoms with Gasteiger partial charge in [0.2, 0.25) is 5.95 Å². The van der Waals surface area contributed by atoms with Crippen molar-refractivity contribution in [1.82, 2.24) is 15.3 Å². The first-order chi connectivity index (χ1) is 11.1. The van der Waals surface area contributed by atoms with Gasteiger partial charge in [0, 0.05) is 25.0 Å². The zero-order chi connectivity index (χ0) is 16.7. The summed E-state index contributed by atoms with van der Waals surface area (Å²) in [5, 5.41) is 5.94. The molecule has 0 saturated heterocycles. The third-order valence-corrected chi connectivity index (χ3v) is 3.51. The summed E-state index contributed by atoms with van der Waals surface area (Å²) in [5.74, 6) is 0.0328. The molecule has 2 aromatic rings. The van der Waals surface area contributed by atoms with E-state index in [1.165, 1.54) is 24.5 Å². The van der Waals surface area contributed by atoms with Crippen molar-refractivity contribution in [2.45, 2.75) is 32.7 Å². The predicted octanol–water partition coefficient (Wildman–Crippen LogP) is 2.80. The number of nitrogens with zero attached hydrogens (tertiary/aromatic N) is 2. The number of benzene rings is 1. The van der Waals surface area contributed by atoms with Gasteiger partial charge in [-0.1, -0.05) is 19.1 Å². The van der Waals surface area contributed by atoms with Crippen LogP contribution in [0.5, 0.6) is 0 Å². The summed E-state index contributed by atoms with van der Waals surface area (Å²) in [7, 11) is 0. The minimum Gasteiger partial charge on any atom is -0.352 e. The largest absolute Gasteiger partial charge is 0.352 e. The van der Waals surface area contributed by atoms with Crippen molar-refractivity contribution in [2.75, 3.05) is 11.9 Å². The molecule has 0 radical (unpaired) electrons. The summed E-state index contributed by atoms with van der Waals surface area (Å²) in [5.41, 5.74) is 1.38. The molecule has 5 nitrogen and oxygen atoms in total. The van der Waals surface area contributed by atoms with Crippen molar-refractivity contribution in [1.29, 1.82) is 0 Å². The number of anilines is 1. The molecule has 1 heterocycles. The van der Waals surface area contributed by atoms with Crippen molar-refractivity contribution < 1.29 is 9.18 Å². The summed E-state index contributed by atoms with van der Waals surface area (Å²) in [6, 6.07) is 6.52. The second-order valence-corrected chi connectivity index (χ2v) is 5.38. The molecule has 0 fully saturated rings. The van der Waals surface area contributed by atoms with Crippen LogP contribution in [0.2, 0.25) is 0 Å². The number of halogens is 1. The molecule has 1 atom stereocenters. The van der Waals surface area contributed by atoms with Crippen molar-refractivity contribution in [2.24, 2.45) is 0 Å². The molecule has 0 saturated carbocycles. The van der Waals surface area contributed by atoms with E-state index in [0.29, 0.717) is 24.5 Å². The molecule has 1 aromatic carbocycles. The van der Waals surface area contributed by atoms with Gasteiger partial charge in [-0.25, -0.2) is 14.4 Å². The maximum atomic E-state index is 12.8. The molecule has 1 aromatic heterocycles. The van der Waals surface area contributed by atoms with Crippen LogP contribution in [0.25, 0.3) is 0 Å². The van der Waals surface area contributed by atoms with E-state index in [0.717, 1.165) is 12.0 Å². The van der Waals surface area contributed by atoms with Crippen molar-refractivity contribution in [3.8, 4) is 0 Å². The van der Waals surface area contributed by atoms with E-state index in [-0.39, 0.29) is 17.8 Å². The highest BCUT2D eigenvalue weighted by molar-refractivity contribution is 5.93. The Kier molecular flexibility index (Phi) is 6.02. The first-order valence-corrected chi connectivity index (χ1v) is 7.69. The minimum absolute atomic E-state index is 0.220. The average molecular weight is 316 g/mol. The van der Waals surface area contributed by atoms with E-state index in [1.54, 1.807) is 12.1 Å². The number of amides is 1. The number of nitrogens with one attached hydrogen (secondary N) is 2. The highest BCUT2D eigenvalue weighted by atomic mass is 19.1. The summed E-state index contributed by atoms with van der Waals surface area (Å²) < 4.78 is 12.8. The molecule has 122 valence electrons. The van der Waals surface area contributed by atoms with Crippen LogP contribution in [-0.4, -0.2) is 28.5 Å². The zero-order valence-corrected chi connectivity index (χ0v) is 13.3. The van der Waals surface area contributed by atoms with Crippen LogP contribution in [0.1, 0.15) is 36.2 Å². The van der Waals surface area contributed by atoms with Crippen molar-refractivity contribution >= 4 is 11.9 Å². The fraction of sp³-hybridized carbons (Fsp3) is 0.353. The SMILES string of the molecule is CCC(C)Nc1ncc(C(=O)NCCc2ccc(F)cc2)cn1. The van der Waals surface area contributed by atoms with Crippen LogP contribution in [0.15, 0.2) is 36.7 Å². The van der Waals surface area contributed by atoms with Gasteiger partial charge in [-0.15, -0.1) is 0 Å². The van der Waals surface area contributed by atoms with Crippen LogP contribution in [0.3, 0.4) is 0 Å². The lowest BCUT2D eigenvalue weighted by Gasteiger charge is -2.11. The number of hydrogen-bond acceptors (Lipinski definition) is 4. The molecule has 6 heteroatoms. The van der Waals surface area contributed by atoms with E-state index >= 15 is 0 Å². The molecule has 0 aliphatic rings. The predicted molar refractivity (Wildman–Crippen MR) is 87.8 cm³/mol. The lowest BCUT2D eigenvalue weighted by Crippen LogP contribution is -2.26. The lowest BCUT2D eigenvalue weighted by atomic mass is 10.1. The number of carbonyl (C=O) groups excluding carboxylic acids is 1. The van der Waals surface area contributed by atoms with Gasteiger partial charge in [0.1, 0.15) is 5.82 Å². The van der Waals surface area contributed by atoms with Crippen LogP contribution in [0.4, 0.5) is 10.3 Å². The van der Waals surface area contributed by atoms with E-state index in [4.69, 9.17) is 0 Å². The molecule has 2 N–H and O–H groups in total. The molecule has 0 aliphatic heterocycles. The van der Waals surface area contributed by atoms with Gasteiger partial charge >= 0.3 is 0 Å². The van der Waals surface area contributed by atoms with Gasteiger partial charge in [0.05, 0.1) is 5.56 Å². The van der Waals surface area contributed by atoms with E-state index < -0.39 is 0 Å². The third kappa shape index (κ3) is 5.32. The van der Waals surface area contributed by atoms with Gasteiger partial charge in [-0.2, -0.15) is 0 Å². The maximum absolute atomic E-state index is 12.8. The molecule has 23 heavy (non-hydrogen) atoms. The van der Waals surface area contributed by atoms with Crippen molar-refractivity contribution in [3.63, 3.8) is 0 Å². The molecule has 1 unspecified atom stereocenters. The Bertz CT molecular complexity index is 628. The smallest absolute Gasteiger partial charge is 0.254 e. The highest BCUT2D eigenvalue weighted by Gasteiger charge is 2.07. The van der Waals surface area contributed by atoms with E-state index in [1.807, 2.05) is 6.92 Å². The highest BCUT2D eigenvalue weighted by Crippen LogP contribution is 2.05.